The minimum Gasteiger partial charge on any atom is -0.466 e. The highest BCUT2D eigenvalue weighted by Gasteiger charge is 2.37. The molecule has 0 aromatic heterocycles. The quantitative estimate of drug-likeness (QED) is 0.677. The zero-order chi connectivity index (χ0) is 20.9. The summed E-state index contributed by atoms with van der Waals surface area (Å²) < 4.78 is 39.0. The number of carbonyl (C=O) groups is 2. The van der Waals surface area contributed by atoms with Crippen molar-refractivity contribution in [2.75, 3.05) is 32.8 Å². The second-order valence-corrected chi connectivity index (χ2v) is 10.2. The molecule has 2 heterocycles. The number of ether oxygens (including phenoxy) is 2. The summed E-state index contributed by atoms with van der Waals surface area (Å²) in [6.07, 6.45) is 1.56. The Morgan fingerprint density at radius 3 is 1.96 bits per heavy atom. The van der Waals surface area contributed by atoms with Crippen LogP contribution in [0, 0.1) is 5.92 Å². The van der Waals surface area contributed by atoms with Crippen LogP contribution in [0.25, 0.3) is 0 Å². The summed E-state index contributed by atoms with van der Waals surface area (Å²) in [4.78, 5) is 23.7. The maximum absolute atomic E-state index is 12.9. The lowest BCUT2D eigenvalue weighted by molar-refractivity contribution is -0.149. The zero-order valence-corrected chi connectivity index (χ0v) is 18.1. The Balaban J connectivity index is 1.81. The Bertz CT molecular complexity index is 645. The molecule has 0 atom stereocenters. The fraction of sp³-hybridized carbons (Fsp3) is 0.889. The number of amides is 1. The average Bonchev–Trinajstić information content (AvgIpc) is 2.61. The summed E-state index contributed by atoms with van der Waals surface area (Å²) >= 11 is 0. The van der Waals surface area contributed by atoms with Gasteiger partial charge in [-0.2, -0.15) is 17.0 Å². The van der Waals surface area contributed by atoms with Gasteiger partial charge in [0, 0.05) is 32.2 Å². The third kappa shape index (κ3) is 6.31. The third-order valence-electron chi connectivity index (χ3n) is 4.90. The van der Waals surface area contributed by atoms with Crippen molar-refractivity contribution in [2.45, 2.75) is 65.0 Å². The van der Waals surface area contributed by atoms with Crippen LogP contribution in [0.4, 0.5) is 4.79 Å². The second kappa shape index (κ2) is 9.41. The van der Waals surface area contributed by atoms with Crippen molar-refractivity contribution in [1.82, 2.24) is 13.9 Å². The normalized spacial score (nSPS) is 21.3. The molecule has 2 aliphatic heterocycles. The number of carbonyl (C=O) groups excluding carboxylic acids is 2. The van der Waals surface area contributed by atoms with Crippen molar-refractivity contribution < 1.29 is 27.5 Å². The summed E-state index contributed by atoms with van der Waals surface area (Å²) in [5, 5.41) is 2.81. The fourth-order valence-electron chi connectivity index (χ4n) is 3.45. The minimum atomic E-state index is -3.56. The maximum atomic E-state index is 12.9. The largest absolute Gasteiger partial charge is 0.466 e. The van der Waals surface area contributed by atoms with Crippen LogP contribution in [0.2, 0.25) is 0 Å². The third-order valence-corrected chi connectivity index (χ3v) is 6.94. The summed E-state index contributed by atoms with van der Waals surface area (Å²) in [5.74, 6) is -0.469. The standard InChI is InChI=1S/C18H33N3O6S/c1-5-26-16(22)14-6-10-20(11-7-14)28(24,25)21-12-8-15(9-13-21)19-17(23)27-18(2,3)4/h14-15H,5-13H2,1-4H3,(H,19,23). The van der Waals surface area contributed by atoms with E-state index in [1.807, 2.05) is 0 Å². The van der Waals surface area contributed by atoms with E-state index in [9.17, 15) is 18.0 Å². The molecule has 0 spiro atoms. The number of rotatable bonds is 5. The van der Waals surface area contributed by atoms with Crippen LogP contribution < -0.4 is 5.32 Å². The SMILES string of the molecule is CCOC(=O)C1CCN(S(=O)(=O)N2CCC(NC(=O)OC(C)(C)C)CC2)CC1. The highest BCUT2D eigenvalue weighted by Crippen LogP contribution is 2.24. The number of hydrogen-bond acceptors (Lipinski definition) is 6. The molecule has 2 saturated heterocycles. The second-order valence-electron chi connectivity index (χ2n) is 8.25. The molecule has 1 N–H and O–H groups in total. The van der Waals surface area contributed by atoms with E-state index >= 15 is 0 Å². The molecule has 0 radical (unpaired) electrons. The lowest BCUT2D eigenvalue weighted by Gasteiger charge is -2.37. The van der Waals surface area contributed by atoms with Gasteiger partial charge in [0.05, 0.1) is 12.5 Å². The number of nitrogens with one attached hydrogen (secondary N) is 1. The van der Waals surface area contributed by atoms with E-state index in [0.29, 0.717) is 58.5 Å². The van der Waals surface area contributed by atoms with Crippen molar-refractivity contribution >= 4 is 22.3 Å². The van der Waals surface area contributed by atoms with Crippen LogP contribution in [-0.2, 0) is 24.5 Å². The van der Waals surface area contributed by atoms with Crippen molar-refractivity contribution in [1.29, 1.82) is 0 Å². The molecule has 0 bridgehead atoms. The molecule has 28 heavy (non-hydrogen) atoms. The molecule has 162 valence electrons. The Labute approximate surface area is 167 Å². The molecule has 9 nitrogen and oxygen atoms in total. The molecule has 1 amide bonds. The van der Waals surface area contributed by atoms with Crippen molar-refractivity contribution in [2.24, 2.45) is 5.92 Å². The zero-order valence-electron chi connectivity index (χ0n) is 17.3. The first kappa shape index (κ1) is 22.9. The highest BCUT2D eigenvalue weighted by atomic mass is 32.2. The van der Waals surface area contributed by atoms with E-state index in [2.05, 4.69) is 5.32 Å². The summed E-state index contributed by atoms with van der Waals surface area (Å²) in [6, 6.07) is -0.101. The van der Waals surface area contributed by atoms with Crippen LogP contribution in [0.5, 0.6) is 0 Å². The fourth-order valence-corrected chi connectivity index (χ4v) is 5.12. The first-order valence-corrected chi connectivity index (χ1v) is 11.3. The highest BCUT2D eigenvalue weighted by molar-refractivity contribution is 7.86. The summed E-state index contributed by atoms with van der Waals surface area (Å²) in [7, 11) is -3.56. The number of piperidine rings is 2. The number of esters is 1. The molecule has 0 unspecified atom stereocenters. The van der Waals surface area contributed by atoms with Gasteiger partial charge in [0.2, 0.25) is 0 Å². The molecular weight excluding hydrogens is 386 g/mol. The molecule has 0 aromatic carbocycles. The van der Waals surface area contributed by atoms with Crippen LogP contribution in [0.1, 0.15) is 53.4 Å². The molecule has 10 heteroatoms. The molecule has 0 aliphatic carbocycles. The van der Waals surface area contributed by atoms with Crippen LogP contribution in [-0.4, -0.2) is 73.5 Å². The van der Waals surface area contributed by atoms with E-state index in [-0.39, 0.29) is 17.9 Å². The van der Waals surface area contributed by atoms with Gasteiger partial charge in [0.1, 0.15) is 5.60 Å². The van der Waals surface area contributed by atoms with Crippen molar-refractivity contribution in [3.05, 3.63) is 0 Å². The maximum Gasteiger partial charge on any atom is 0.407 e. The van der Waals surface area contributed by atoms with E-state index < -0.39 is 21.9 Å². The van der Waals surface area contributed by atoms with Gasteiger partial charge in [-0.05, 0) is 53.4 Å². The van der Waals surface area contributed by atoms with Crippen molar-refractivity contribution in [3.63, 3.8) is 0 Å². The van der Waals surface area contributed by atoms with E-state index in [4.69, 9.17) is 9.47 Å². The van der Waals surface area contributed by atoms with E-state index in [1.165, 1.54) is 8.61 Å². The summed E-state index contributed by atoms with van der Waals surface area (Å²) in [5.41, 5.74) is -0.566. The van der Waals surface area contributed by atoms with Crippen LogP contribution >= 0.6 is 0 Å². The number of alkyl carbamates (subject to hydrolysis) is 1. The van der Waals surface area contributed by atoms with Gasteiger partial charge in [-0.15, -0.1) is 0 Å². The van der Waals surface area contributed by atoms with Gasteiger partial charge >= 0.3 is 12.1 Å². The van der Waals surface area contributed by atoms with Gasteiger partial charge in [-0.1, -0.05) is 0 Å². The predicted octanol–water partition coefficient (Wildman–Crippen LogP) is 1.50. The molecule has 0 aromatic rings. The molecule has 2 aliphatic rings. The Morgan fingerprint density at radius 2 is 1.50 bits per heavy atom. The van der Waals surface area contributed by atoms with Crippen molar-refractivity contribution in [3.8, 4) is 0 Å². The number of nitrogens with zero attached hydrogens (tertiary/aromatic N) is 2. The minimum absolute atomic E-state index is 0.101. The summed E-state index contributed by atoms with van der Waals surface area (Å²) in [6.45, 7) is 8.83. The smallest absolute Gasteiger partial charge is 0.407 e. The molecular formula is C18H33N3O6S. The van der Waals surface area contributed by atoms with Crippen LogP contribution in [0.3, 0.4) is 0 Å². The average molecular weight is 420 g/mol. The Morgan fingerprint density at radius 1 is 1.00 bits per heavy atom. The van der Waals surface area contributed by atoms with Gasteiger partial charge in [-0.3, -0.25) is 4.79 Å². The van der Waals surface area contributed by atoms with Gasteiger partial charge in [0.15, 0.2) is 0 Å². The molecule has 2 fully saturated rings. The topological polar surface area (TPSA) is 105 Å². The first-order valence-electron chi connectivity index (χ1n) is 9.94. The monoisotopic (exact) mass is 419 g/mol. The Hall–Kier alpha value is -1.39. The molecule has 2 rings (SSSR count). The molecule has 0 saturated carbocycles. The predicted molar refractivity (Wildman–Crippen MR) is 104 cm³/mol. The lowest BCUT2D eigenvalue weighted by Crippen LogP contribution is -2.53. The van der Waals surface area contributed by atoms with Crippen LogP contribution in [0.15, 0.2) is 0 Å². The van der Waals surface area contributed by atoms with E-state index in [1.54, 1.807) is 27.7 Å². The van der Waals surface area contributed by atoms with Gasteiger partial charge < -0.3 is 14.8 Å². The first-order chi connectivity index (χ1) is 13.0. The lowest BCUT2D eigenvalue weighted by atomic mass is 9.98. The number of hydrogen-bond donors (Lipinski definition) is 1. The van der Waals surface area contributed by atoms with E-state index in [0.717, 1.165) is 0 Å². The Kier molecular flexibility index (Phi) is 7.69. The van der Waals surface area contributed by atoms with Gasteiger partial charge in [0.25, 0.3) is 10.2 Å². The van der Waals surface area contributed by atoms with Gasteiger partial charge in [-0.25, -0.2) is 4.79 Å².